The van der Waals surface area contributed by atoms with E-state index in [4.69, 9.17) is 9.84 Å². The average molecular weight is 258 g/mol. The van der Waals surface area contributed by atoms with Crippen molar-refractivity contribution in [1.29, 1.82) is 0 Å². The maximum Gasteiger partial charge on any atom is 0.0558 e. The molecular formula is C14H30N2O2. The Kier molecular flexibility index (Phi) is 7.15. The van der Waals surface area contributed by atoms with Crippen molar-refractivity contribution >= 4 is 0 Å². The number of aliphatic hydroxyl groups excluding tert-OH is 1. The lowest BCUT2D eigenvalue weighted by atomic mass is 9.86. The molecule has 2 N–H and O–H groups in total. The van der Waals surface area contributed by atoms with Gasteiger partial charge in [0.2, 0.25) is 0 Å². The molecule has 108 valence electrons. The lowest BCUT2D eigenvalue weighted by Crippen LogP contribution is -2.46. The van der Waals surface area contributed by atoms with E-state index < -0.39 is 0 Å². The first-order valence-electron chi connectivity index (χ1n) is 7.23. The van der Waals surface area contributed by atoms with E-state index in [1.165, 1.54) is 0 Å². The number of nitrogens with zero attached hydrogens (tertiary/aromatic N) is 1. The zero-order chi connectivity index (χ0) is 13.4. The maximum absolute atomic E-state index is 9.09. The number of likely N-dealkylation sites (N-methyl/N-ethyl adjacent to an activating group) is 1. The Morgan fingerprint density at radius 3 is 2.72 bits per heavy atom. The van der Waals surface area contributed by atoms with E-state index >= 15 is 0 Å². The third-order valence-corrected chi connectivity index (χ3v) is 3.66. The molecule has 1 aliphatic rings. The first-order chi connectivity index (χ1) is 8.62. The zero-order valence-electron chi connectivity index (χ0n) is 12.2. The molecule has 0 saturated carbocycles. The highest BCUT2D eigenvalue weighted by atomic mass is 16.5. The van der Waals surface area contributed by atoms with Crippen LogP contribution in [0.2, 0.25) is 0 Å². The van der Waals surface area contributed by atoms with E-state index in [0.29, 0.717) is 5.92 Å². The third-order valence-electron chi connectivity index (χ3n) is 3.66. The van der Waals surface area contributed by atoms with Crippen LogP contribution in [0.3, 0.4) is 0 Å². The van der Waals surface area contributed by atoms with Gasteiger partial charge in [0, 0.05) is 31.7 Å². The molecule has 0 radical (unpaired) electrons. The van der Waals surface area contributed by atoms with Gasteiger partial charge in [-0.2, -0.15) is 0 Å². The molecule has 0 bridgehead atoms. The molecule has 0 aromatic rings. The summed E-state index contributed by atoms with van der Waals surface area (Å²) in [5.41, 5.74) is 0.236. The highest BCUT2D eigenvalue weighted by Crippen LogP contribution is 2.29. The monoisotopic (exact) mass is 258 g/mol. The Balaban J connectivity index is 2.45. The van der Waals surface area contributed by atoms with Gasteiger partial charge in [0.15, 0.2) is 0 Å². The number of nitrogens with one attached hydrogen (secondary N) is 1. The van der Waals surface area contributed by atoms with Crippen LogP contribution in [0.4, 0.5) is 0 Å². The van der Waals surface area contributed by atoms with Crippen LogP contribution in [0.5, 0.6) is 0 Å². The van der Waals surface area contributed by atoms with E-state index in [1.807, 2.05) is 0 Å². The van der Waals surface area contributed by atoms with Crippen molar-refractivity contribution in [2.75, 3.05) is 52.5 Å². The van der Waals surface area contributed by atoms with Crippen molar-refractivity contribution in [2.45, 2.75) is 27.2 Å². The van der Waals surface area contributed by atoms with Crippen LogP contribution in [0.25, 0.3) is 0 Å². The standard InChI is InChI=1S/C14H30N2O2/c1-4-16(6-7-17)11-14(5-8-18-12-14)10-15-9-13(2)3/h13,15,17H,4-12H2,1-3H3. The predicted octanol–water partition coefficient (Wildman–Crippen LogP) is 0.953. The molecule has 0 aromatic carbocycles. The summed E-state index contributed by atoms with van der Waals surface area (Å²) in [7, 11) is 0. The van der Waals surface area contributed by atoms with Gasteiger partial charge in [0.25, 0.3) is 0 Å². The molecule has 1 atom stereocenters. The van der Waals surface area contributed by atoms with Crippen LogP contribution in [-0.2, 0) is 4.74 Å². The van der Waals surface area contributed by atoms with Crippen molar-refractivity contribution in [1.82, 2.24) is 10.2 Å². The van der Waals surface area contributed by atoms with Crippen LogP contribution in [0, 0.1) is 11.3 Å². The van der Waals surface area contributed by atoms with Gasteiger partial charge in [-0.05, 0) is 25.4 Å². The Bertz CT molecular complexity index is 216. The fourth-order valence-corrected chi connectivity index (χ4v) is 2.56. The molecule has 0 aliphatic carbocycles. The Hall–Kier alpha value is -0.160. The van der Waals surface area contributed by atoms with Gasteiger partial charge < -0.3 is 20.1 Å². The summed E-state index contributed by atoms with van der Waals surface area (Å²) < 4.78 is 5.61. The molecule has 1 saturated heterocycles. The molecule has 0 aromatic heterocycles. The Morgan fingerprint density at radius 2 is 2.22 bits per heavy atom. The molecule has 18 heavy (non-hydrogen) atoms. The van der Waals surface area contributed by atoms with Crippen molar-refractivity contribution < 1.29 is 9.84 Å². The molecular weight excluding hydrogens is 228 g/mol. The second kappa shape index (κ2) is 8.10. The molecule has 1 heterocycles. The SMILES string of the molecule is CCN(CCO)CC1(CNCC(C)C)CCOC1. The smallest absolute Gasteiger partial charge is 0.0558 e. The predicted molar refractivity (Wildman–Crippen MR) is 74.8 cm³/mol. The van der Waals surface area contributed by atoms with E-state index in [-0.39, 0.29) is 12.0 Å². The number of hydrogen-bond acceptors (Lipinski definition) is 4. The summed E-state index contributed by atoms with van der Waals surface area (Å²) in [6.07, 6.45) is 1.13. The van der Waals surface area contributed by atoms with Gasteiger partial charge in [-0.1, -0.05) is 20.8 Å². The van der Waals surface area contributed by atoms with Crippen molar-refractivity contribution in [3.8, 4) is 0 Å². The highest BCUT2D eigenvalue weighted by molar-refractivity contribution is 4.88. The lowest BCUT2D eigenvalue weighted by Gasteiger charge is -2.34. The summed E-state index contributed by atoms with van der Waals surface area (Å²) in [5.74, 6) is 0.684. The summed E-state index contributed by atoms with van der Waals surface area (Å²) >= 11 is 0. The van der Waals surface area contributed by atoms with E-state index in [0.717, 1.165) is 52.4 Å². The Morgan fingerprint density at radius 1 is 1.44 bits per heavy atom. The quantitative estimate of drug-likeness (QED) is 0.646. The topological polar surface area (TPSA) is 44.7 Å². The Labute approximate surface area is 112 Å². The molecule has 1 rings (SSSR count). The van der Waals surface area contributed by atoms with Gasteiger partial charge in [-0.3, -0.25) is 0 Å². The van der Waals surface area contributed by atoms with Gasteiger partial charge in [-0.15, -0.1) is 0 Å². The fourth-order valence-electron chi connectivity index (χ4n) is 2.56. The van der Waals surface area contributed by atoms with Crippen molar-refractivity contribution in [3.63, 3.8) is 0 Å². The summed E-state index contributed by atoms with van der Waals surface area (Å²) in [4.78, 5) is 2.33. The molecule has 4 nitrogen and oxygen atoms in total. The molecule has 1 aliphatic heterocycles. The minimum Gasteiger partial charge on any atom is -0.395 e. The van der Waals surface area contributed by atoms with E-state index in [9.17, 15) is 0 Å². The molecule has 4 heteroatoms. The minimum atomic E-state index is 0.236. The van der Waals surface area contributed by atoms with Gasteiger partial charge in [-0.25, -0.2) is 0 Å². The van der Waals surface area contributed by atoms with Crippen LogP contribution >= 0.6 is 0 Å². The van der Waals surface area contributed by atoms with Gasteiger partial charge in [0.1, 0.15) is 0 Å². The van der Waals surface area contributed by atoms with Crippen molar-refractivity contribution in [2.24, 2.45) is 11.3 Å². The maximum atomic E-state index is 9.09. The van der Waals surface area contributed by atoms with Crippen LogP contribution in [-0.4, -0.2) is 62.6 Å². The first-order valence-corrected chi connectivity index (χ1v) is 7.23. The van der Waals surface area contributed by atoms with Crippen molar-refractivity contribution in [3.05, 3.63) is 0 Å². The summed E-state index contributed by atoms with van der Waals surface area (Å²) in [6.45, 7) is 13.4. The van der Waals surface area contributed by atoms with Crippen LogP contribution in [0.1, 0.15) is 27.2 Å². The third kappa shape index (κ3) is 5.22. The fraction of sp³-hybridized carbons (Fsp3) is 1.00. The highest BCUT2D eigenvalue weighted by Gasteiger charge is 2.35. The summed E-state index contributed by atoms with van der Waals surface area (Å²) in [5, 5.41) is 12.7. The second-order valence-electron chi connectivity index (χ2n) is 5.92. The summed E-state index contributed by atoms with van der Waals surface area (Å²) in [6, 6.07) is 0. The van der Waals surface area contributed by atoms with E-state index in [1.54, 1.807) is 0 Å². The minimum absolute atomic E-state index is 0.236. The normalized spacial score (nSPS) is 24.3. The number of aliphatic hydroxyl groups is 1. The van der Waals surface area contributed by atoms with Crippen LogP contribution < -0.4 is 5.32 Å². The number of hydrogen-bond donors (Lipinski definition) is 2. The zero-order valence-corrected chi connectivity index (χ0v) is 12.2. The number of ether oxygens (including phenoxy) is 1. The molecule has 1 fully saturated rings. The van der Waals surface area contributed by atoms with E-state index in [2.05, 4.69) is 31.0 Å². The van der Waals surface area contributed by atoms with Gasteiger partial charge >= 0.3 is 0 Å². The first kappa shape index (κ1) is 15.9. The molecule has 0 amide bonds. The molecule has 0 spiro atoms. The average Bonchev–Trinajstić information content (AvgIpc) is 2.77. The number of rotatable bonds is 9. The van der Waals surface area contributed by atoms with Gasteiger partial charge in [0.05, 0.1) is 13.2 Å². The largest absolute Gasteiger partial charge is 0.395 e. The lowest BCUT2D eigenvalue weighted by molar-refractivity contribution is 0.0991. The van der Waals surface area contributed by atoms with Crippen LogP contribution in [0.15, 0.2) is 0 Å². The second-order valence-corrected chi connectivity index (χ2v) is 5.92. The molecule has 1 unspecified atom stereocenters.